The molecule has 0 bridgehead atoms. The first kappa shape index (κ1) is 14.2. The van der Waals surface area contributed by atoms with E-state index in [1.54, 1.807) is 6.92 Å². The van der Waals surface area contributed by atoms with E-state index in [0.29, 0.717) is 5.92 Å². The van der Waals surface area contributed by atoms with Crippen LogP contribution in [0.1, 0.15) is 43.9 Å². The van der Waals surface area contributed by atoms with Crippen molar-refractivity contribution in [1.29, 1.82) is 0 Å². The highest BCUT2D eigenvalue weighted by atomic mass is 32.2. The third kappa shape index (κ3) is 4.11. The van der Waals surface area contributed by atoms with Crippen molar-refractivity contribution in [3.8, 4) is 0 Å². The van der Waals surface area contributed by atoms with Crippen molar-refractivity contribution >= 4 is 17.0 Å². The van der Waals surface area contributed by atoms with Crippen LogP contribution in [-0.4, -0.2) is 15.8 Å². The smallest absolute Gasteiger partial charge is 0.0959 e. The summed E-state index contributed by atoms with van der Waals surface area (Å²) >= 11 is -2.49. The van der Waals surface area contributed by atoms with Crippen molar-refractivity contribution in [2.45, 2.75) is 32.8 Å². The number of rotatable bonds is 5. The van der Waals surface area contributed by atoms with Gasteiger partial charge in [-0.3, -0.25) is 4.18 Å². The number of benzene rings is 1. The van der Waals surface area contributed by atoms with Gasteiger partial charge in [-0.05, 0) is 36.1 Å². The Morgan fingerprint density at radius 1 is 1.24 bits per heavy atom. The van der Waals surface area contributed by atoms with Crippen LogP contribution in [0.3, 0.4) is 0 Å². The Morgan fingerprint density at radius 3 is 2.29 bits per heavy atom. The minimum atomic E-state index is -2.49. The van der Waals surface area contributed by atoms with Gasteiger partial charge in [0.05, 0.1) is 17.5 Å². The maximum atomic E-state index is 10.5. The molecule has 0 aliphatic heterocycles. The number of anilines is 1. The first-order valence-electron chi connectivity index (χ1n) is 5.53. The number of nitrogens with one attached hydrogen (secondary N) is 1. The SMILES string of the molecule is CNc1cc(C(C)C)cc(C(C)OS(=O)[O-])c1. The fourth-order valence-corrected chi connectivity index (χ4v) is 1.91. The Balaban J connectivity index is 3.05. The Morgan fingerprint density at radius 2 is 1.82 bits per heavy atom. The van der Waals surface area contributed by atoms with Gasteiger partial charge in [-0.1, -0.05) is 19.9 Å². The molecular formula is C12H18NO3S-. The van der Waals surface area contributed by atoms with Gasteiger partial charge in [-0.25, -0.2) is 4.21 Å². The van der Waals surface area contributed by atoms with Crippen LogP contribution in [0.15, 0.2) is 18.2 Å². The summed E-state index contributed by atoms with van der Waals surface area (Å²) in [6.07, 6.45) is -0.473. The molecular weight excluding hydrogens is 238 g/mol. The fourth-order valence-electron chi connectivity index (χ4n) is 1.56. The highest BCUT2D eigenvalue weighted by Gasteiger charge is 2.10. The molecule has 0 aliphatic rings. The molecule has 1 aromatic carbocycles. The van der Waals surface area contributed by atoms with Gasteiger partial charge in [0, 0.05) is 12.7 Å². The maximum Gasteiger partial charge on any atom is 0.0959 e. The van der Waals surface area contributed by atoms with E-state index in [1.165, 1.54) is 0 Å². The van der Waals surface area contributed by atoms with Crippen LogP contribution < -0.4 is 5.32 Å². The molecule has 17 heavy (non-hydrogen) atoms. The molecule has 96 valence electrons. The van der Waals surface area contributed by atoms with Gasteiger partial charge in [0.2, 0.25) is 0 Å². The van der Waals surface area contributed by atoms with E-state index in [2.05, 4.69) is 25.2 Å². The third-order valence-corrected chi connectivity index (χ3v) is 3.07. The van der Waals surface area contributed by atoms with Gasteiger partial charge in [0.25, 0.3) is 0 Å². The molecule has 1 rings (SSSR count). The summed E-state index contributed by atoms with van der Waals surface area (Å²) in [7, 11) is 1.83. The predicted octanol–water partition coefficient (Wildman–Crippen LogP) is 2.72. The first-order chi connectivity index (χ1) is 7.93. The second-order valence-electron chi connectivity index (χ2n) is 4.24. The summed E-state index contributed by atoms with van der Waals surface area (Å²) in [4.78, 5) is 0. The van der Waals surface area contributed by atoms with Gasteiger partial charge in [-0.15, -0.1) is 0 Å². The van der Waals surface area contributed by atoms with Crippen LogP contribution in [0.25, 0.3) is 0 Å². The van der Waals surface area contributed by atoms with Crippen LogP contribution in [0, 0.1) is 0 Å². The van der Waals surface area contributed by atoms with Crippen molar-refractivity contribution in [2.24, 2.45) is 0 Å². The molecule has 0 spiro atoms. The van der Waals surface area contributed by atoms with E-state index in [0.717, 1.165) is 16.8 Å². The van der Waals surface area contributed by atoms with Crippen LogP contribution >= 0.6 is 0 Å². The van der Waals surface area contributed by atoms with E-state index >= 15 is 0 Å². The molecule has 0 radical (unpaired) electrons. The highest BCUT2D eigenvalue weighted by molar-refractivity contribution is 7.74. The molecule has 0 aliphatic carbocycles. The van der Waals surface area contributed by atoms with Gasteiger partial charge < -0.3 is 9.87 Å². The zero-order valence-corrected chi connectivity index (χ0v) is 11.3. The maximum absolute atomic E-state index is 10.5. The summed E-state index contributed by atoms with van der Waals surface area (Å²) in [5, 5.41) is 3.06. The van der Waals surface area contributed by atoms with Crippen LogP contribution in [0.2, 0.25) is 0 Å². The number of hydrogen-bond acceptors (Lipinski definition) is 4. The van der Waals surface area contributed by atoms with Gasteiger partial charge in [-0.2, -0.15) is 0 Å². The quantitative estimate of drug-likeness (QED) is 0.823. The van der Waals surface area contributed by atoms with E-state index in [-0.39, 0.29) is 0 Å². The van der Waals surface area contributed by atoms with Crippen molar-refractivity contribution < 1.29 is 12.9 Å². The lowest BCUT2D eigenvalue weighted by atomic mass is 9.98. The minimum absolute atomic E-state index is 0.381. The molecule has 0 fully saturated rings. The Hall–Kier alpha value is -0.910. The third-order valence-electron chi connectivity index (χ3n) is 2.63. The monoisotopic (exact) mass is 256 g/mol. The molecule has 0 amide bonds. The average Bonchev–Trinajstić information content (AvgIpc) is 2.27. The summed E-state index contributed by atoms with van der Waals surface area (Å²) in [5.74, 6) is 0.381. The minimum Gasteiger partial charge on any atom is -0.750 e. The van der Waals surface area contributed by atoms with Gasteiger partial charge in [0.15, 0.2) is 0 Å². The van der Waals surface area contributed by atoms with Crippen LogP contribution in [0.5, 0.6) is 0 Å². The lowest BCUT2D eigenvalue weighted by Gasteiger charge is -2.18. The second-order valence-corrected chi connectivity index (χ2v) is 4.84. The summed E-state index contributed by atoms with van der Waals surface area (Å²) < 4.78 is 25.8. The molecule has 0 saturated carbocycles. The molecule has 4 nitrogen and oxygen atoms in total. The topological polar surface area (TPSA) is 61.4 Å². The Bertz CT molecular complexity index is 407. The molecule has 5 heteroatoms. The summed E-state index contributed by atoms with van der Waals surface area (Å²) in [6.45, 7) is 5.90. The van der Waals surface area contributed by atoms with E-state index in [9.17, 15) is 8.76 Å². The highest BCUT2D eigenvalue weighted by Crippen LogP contribution is 2.26. The standard InChI is InChI=1S/C12H19NO3S/c1-8(2)10-5-11(7-12(6-10)13-4)9(3)16-17(14)15/h5-9,13H,1-4H3,(H,14,15)/p-1. The molecule has 0 heterocycles. The molecule has 2 unspecified atom stereocenters. The Kier molecular flexibility index (Phi) is 5.11. The predicted molar refractivity (Wildman–Crippen MR) is 68.5 cm³/mol. The van der Waals surface area contributed by atoms with Crippen LogP contribution in [0.4, 0.5) is 5.69 Å². The second kappa shape index (κ2) is 6.14. The normalized spacial score (nSPS) is 14.7. The lowest BCUT2D eigenvalue weighted by molar-refractivity contribution is 0.223. The Labute approximate surface area is 105 Å². The first-order valence-corrected chi connectivity index (χ1v) is 6.53. The molecule has 2 atom stereocenters. The zero-order valence-electron chi connectivity index (χ0n) is 10.5. The van der Waals surface area contributed by atoms with Crippen molar-refractivity contribution in [3.63, 3.8) is 0 Å². The van der Waals surface area contributed by atoms with Crippen molar-refractivity contribution in [1.82, 2.24) is 0 Å². The summed E-state index contributed by atoms with van der Waals surface area (Å²) in [5.41, 5.74) is 2.96. The lowest BCUT2D eigenvalue weighted by Crippen LogP contribution is -2.04. The molecule has 0 saturated heterocycles. The van der Waals surface area contributed by atoms with E-state index in [4.69, 9.17) is 4.18 Å². The van der Waals surface area contributed by atoms with Crippen LogP contribution in [-0.2, 0) is 15.5 Å². The molecule has 1 aromatic rings. The largest absolute Gasteiger partial charge is 0.750 e. The fraction of sp³-hybridized carbons (Fsp3) is 0.500. The van der Waals surface area contributed by atoms with E-state index < -0.39 is 17.5 Å². The molecule has 1 N–H and O–H groups in total. The van der Waals surface area contributed by atoms with Gasteiger partial charge in [0.1, 0.15) is 0 Å². The van der Waals surface area contributed by atoms with Gasteiger partial charge >= 0.3 is 0 Å². The average molecular weight is 256 g/mol. The summed E-state index contributed by atoms with van der Waals surface area (Å²) in [6, 6.07) is 5.92. The van der Waals surface area contributed by atoms with E-state index in [1.807, 2.05) is 19.2 Å². The zero-order chi connectivity index (χ0) is 13.0. The van der Waals surface area contributed by atoms with Crippen molar-refractivity contribution in [3.05, 3.63) is 29.3 Å². The number of hydrogen-bond donors (Lipinski definition) is 1. The van der Waals surface area contributed by atoms with Crippen molar-refractivity contribution in [2.75, 3.05) is 12.4 Å². The molecule has 0 aromatic heterocycles.